The van der Waals surface area contributed by atoms with Crippen LogP contribution in [0.5, 0.6) is 11.5 Å². The first kappa shape index (κ1) is 19.9. The molecule has 0 bridgehead atoms. The molecule has 0 spiro atoms. The van der Waals surface area contributed by atoms with Crippen molar-refractivity contribution in [3.05, 3.63) is 66.1 Å². The zero-order valence-corrected chi connectivity index (χ0v) is 15.8. The Kier molecular flexibility index (Phi) is 5.82. The van der Waals surface area contributed by atoms with Crippen LogP contribution in [-0.2, 0) is 4.79 Å². The van der Waals surface area contributed by atoms with Crippen molar-refractivity contribution in [2.75, 3.05) is 5.32 Å². The minimum atomic E-state index is -0.705. The number of rotatable bonds is 7. The maximum Gasteiger partial charge on any atom is 0.267 e. The lowest BCUT2D eigenvalue weighted by Gasteiger charge is -2.13. The van der Waals surface area contributed by atoms with Crippen molar-refractivity contribution in [1.82, 2.24) is 9.97 Å². The van der Waals surface area contributed by atoms with Crippen molar-refractivity contribution in [3.63, 3.8) is 0 Å². The second-order valence-electron chi connectivity index (χ2n) is 6.38. The van der Waals surface area contributed by atoms with Crippen LogP contribution in [0.3, 0.4) is 0 Å². The molecule has 1 aromatic heterocycles. The number of Topliss-reactive ketones (excluding diaryl/α,β-unsaturated/α-hetero) is 1. The minimum absolute atomic E-state index is 0.0277. The Morgan fingerprint density at radius 3 is 2.17 bits per heavy atom. The van der Waals surface area contributed by atoms with Gasteiger partial charge in [-0.2, -0.15) is 0 Å². The summed E-state index contributed by atoms with van der Waals surface area (Å²) in [7, 11) is 0. The second-order valence-corrected chi connectivity index (χ2v) is 6.38. The smallest absolute Gasteiger partial charge is 0.267 e. The van der Waals surface area contributed by atoms with E-state index < -0.39 is 11.9 Å². The summed E-state index contributed by atoms with van der Waals surface area (Å²) >= 11 is 0. The van der Waals surface area contributed by atoms with Crippen molar-refractivity contribution < 1.29 is 18.7 Å². The largest absolute Gasteiger partial charge is 0.457 e. The third-order valence-electron chi connectivity index (χ3n) is 4.11. The van der Waals surface area contributed by atoms with Gasteiger partial charge in [0.15, 0.2) is 11.6 Å². The molecule has 7 nitrogen and oxygen atoms in total. The molecule has 0 fully saturated rings. The lowest BCUT2D eigenvalue weighted by molar-refractivity contribution is -0.117. The van der Waals surface area contributed by atoms with E-state index in [4.69, 9.17) is 10.5 Å². The van der Waals surface area contributed by atoms with E-state index in [2.05, 4.69) is 15.3 Å². The van der Waals surface area contributed by atoms with E-state index in [0.717, 1.165) is 0 Å². The second kappa shape index (κ2) is 8.47. The van der Waals surface area contributed by atoms with Gasteiger partial charge in [0.05, 0.1) is 6.04 Å². The number of ether oxygens (including phenoxy) is 1. The highest BCUT2D eigenvalue weighted by atomic mass is 19.1. The number of nitrogens with two attached hydrogens (primary N) is 1. The fraction of sp³-hybridized carbons (Fsp3) is 0.143. The molecule has 0 saturated heterocycles. The molecule has 1 atom stereocenters. The molecule has 8 heteroatoms. The van der Waals surface area contributed by atoms with Gasteiger partial charge in [-0.3, -0.25) is 9.59 Å². The topological polar surface area (TPSA) is 107 Å². The SMILES string of the molecule is CC(=O)C(C)Nc1cc(C(N)=O)nc(-c2ccc(Oc3ccc(F)cc3)cc2)n1. The first-order valence-corrected chi connectivity index (χ1v) is 8.81. The van der Waals surface area contributed by atoms with Crippen LogP contribution in [-0.4, -0.2) is 27.7 Å². The van der Waals surface area contributed by atoms with E-state index in [1.165, 1.54) is 37.3 Å². The Morgan fingerprint density at radius 2 is 1.62 bits per heavy atom. The number of nitrogens with zero attached hydrogens (tertiary/aromatic N) is 2. The molecule has 3 rings (SSSR count). The summed E-state index contributed by atoms with van der Waals surface area (Å²) in [6.07, 6.45) is 0. The van der Waals surface area contributed by atoms with Gasteiger partial charge in [-0.15, -0.1) is 0 Å². The highest BCUT2D eigenvalue weighted by Crippen LogP contribution is 2.25. The average Bonchev–Trinajstić information content (AvgIpc) is 2.70. The van der Waals surface area contributed by atoms with E-state index in [9.17, 15) is 14.0 Å². The van der Waals surface area contributed by atoms with Crippen molar-refractivity contribution in [3.8, 4) is 22.9 Å². The molecule has 3 aromatic rings. The number of aromatic nitrogens is 2. The van der Waals surface area contributed by atoms with Crippen molar-refractivity contribution in [1.29, 1.82) is 0 Å². The molecular weight excluding hydrogens is 375 g/mol. The Balaban J connectivity index is 1.86. The normalized spacial score (nSPS) is 11.6. The van der Waals surface area contributed by atoms with Crippen LogP contribution in [0.4, 0.5) is 10.2 Å². The molecule has 1 heterocycles. The zero-order valence-electron chi connectivity index (χ0n) is 15.8. The quantitative estimate of drug-likeness (QED) is 0.634. The monoisotopic (exact) mass is 394 g/mol. The first-order valence-electron chi connectivity index (χ1n) is 8.81. The average molecular weight is 394 g/mol. The summed E-state index contributed by atoms with van der Waals surface area (Å²) in [6.45, 7) is 3.14. The summed E-state index contributed by atoms with van der Waals surface area (Å²) in [6, 6.07) is 13.4. The molecule has 0 aliphatic rings. The number of benzene rings is 2. The van der Waals surface area contributed by atoms with Gasteiger partial charge in [0, 0.05) is 11.6 Å². The fourth-order valence-electron chi connectivity index (χ4n) is 2.41. The third kappa shape index (κ3) is 5.13. The van der Waals surface area contributed by atoms with E-state index >= 15 is 0 Å². The molecule has 29 heavy (non-hydrogen) atoms. The standard InChI is InChI=1S/C21H19FN4O3/c1-12(13(2)27)24-19-11-18(20(23)28)25-21(26-19)14-3-7-16(8-4-14)29-17-9-5-15(22)6-10-17/h3-12H,1-2H3,(H2,23,28)(H,24,25,26). The maximum atomic E-state index is 13.0. The zero-order chi connectivity index (χ0) is 21.0. The number of amides is 1. The number of carbonyl (C=O) groups is 2. The van der Waals surface area contributed by atoms with Gasteiger partial charge in [0.25, 0.3) is 5.91 Å². The Hall–Kier alpha value is -3.81. The Bertz CT molecular complexity index is 1040. The minimum Gasteiger partial charge on any atom is -0.457 e. The molecular formula is C21H19FN4O3. The van der Waals surface area contributed by atoms with Gasteiger partial charge in [-0.25, -0.2) is 14.4 Å². The molecule has 148 valence electrons. The Morgan fingerprint density at radius 1 is 1.03 bits per heavy atom. The van der Waals surface area contributed by atoms with Crippen LogP contribution in [0.25, 0.3) is 11.4 Å². The fourth-order valence-corrected chi connectivity index (χ4v) is 2.41. The molecule has 0 saturated carbocycles. The lowest BCUT2D eigenvalue weighted by atomic mass is 10.2. The number of nitrogens with one attached hydrogen (secondary N) is 1. The lowest BCUT2D eigenvalue weighted by Crippen LogP contribution is -2.25. The molecule has 0 radical (unpaired) electrons. The van der Waals surface area contributed by atoms with E-state index in [1.54, 1.807) is 31.2 Å². The van der Waals surface area contributed by atoms with Crippen LogP contribution < -0.4 is 15.8 Å². The van der Waals surface area contributed by atoms with Gasteiger partial charge in [-0.1, -0.05) is 0 Å². The summed E-state index contributed by atoms with van der Waals surface area (Å²) in [5, 5.41) is 2.93. The first-order chi connectivity index (χ1) is 13.8. The number of anilines is 1. The van der Waals surface area contributed by atoms with E-state index in [1.807, 2.05) is 0 Å². The Labute approximate surface area is 166 Å². The number of carbonyl (C=O) groups excluding carboxylic acids is 2. The van der Waals surface area contributed by atoms with Crippen LogP contribution in [0.2, 0.25) is 0 Å². The van der Waals surface area contributed by atoms with Crippen molar-refractivity contribution in [2.45, 2.75) is 19.9 Å². The molecule has 1 unspecified atom stereocenters. The van der Waals surface area contributed by atoms with Gasteiger partial charge < -0.3 is 15.8 Å². The van der Waals surface area contributed by atoms with E-state index in [0.29, 0.717) is 22.9 Å². The number of halogens is 1. The van der Waals surface area contributed by atoms with Crippen LogP contribution in [0.1, 0.15) is 24.3 Å². The van der Waals surface area contributed by atoms with Gasteiger partial charge in [0.1, 0.15) is 28.8 Å². The predicted octanol–water partition coefficient (Wildman–Crippen LogP) is 3.56. The predicted molar refractivity (Wildman–Crippen MR) is 106 cm³/mol. The van der Waals surface area contributed by atoms with Crippen molar-refractivity contribution >= 4 is 17.5 Å². The highest BCUT2D eigenvalue weighted by Gasteiger charge is 2.14. The molecule has 0 aliphatic carbocycles. The number of hydrogen-bond acceptors (Lipinski definition) is 6. The van der Waals surface area contributed by atoms with Gasteiger partial charge in [-0.05, 0) is 62.4 Å². The number of ketones is 1. The summed E-state index contributed by atoms with van der Waals surface area (Å²) in [4.78, 5) is 31.7. The van der Waals surface area contributed by atoms with Gasteiger partial charge >= 0.3 is 0 Å². The van der Waals surface area contributed by atoms with Crippen molar-refractivity contribution in [2.24, 2.45) is 5.73 Å². The molecule has 0 aliphatic heterocycles. The maximum absolute atomic E-state index is 13.0. The molecule has 3 N–H and O–H groups in total. The molecule has 2 aromatic carbocycles. The third-order valence-corrected chi connectivity index (χ3v) is 4.11. The van der Waals surface area contributed by atoms with Crippen LogP contribution in [0, 0.1) is 5.82 Å². The van der Waals surface area contributed by atoms with Crippen LogP contribution >= 0.6 is 0 Å². The molecule has 1 amide bonds. The van der Waals surface area contributed by atoms with Crippen LogP contribution in [0.15, 0.2) is 54.6 Å². The number of hydrogen-bond donors (Lipinski definition) is 2. The number of primary amides is 1. The summed E-state index contributed by atoms with van der Waals surface area (Å²) in [5.41, 5.74) is 6.02. The van der Waals surface area contributed by atoms with Gasteiger partial charge in [0.2, 0.25) is 0 Å². The summed E-state index contributed by atoms with van der Waals surface area (Å²) < 4.78 is 18.6. The summed E-state index contributed by atoms with van der Waals surface area (Å²) in [5.74, 6) is 0.496. The highest BCUT2D eigenvalue weighted by molar-refractivity contribution is 5.92. The van der Waals surface area contributed by atoms with E-state index in [-0.39, 0.29) is 23.1 Å².